The average molecular weight is 339 g/mol. The summed E-state index contributed by atoms with van der Waals surface area (Å²) in [6.07, 6.45) is 0. The molecule has 2 N–H and O–H groups in total. The topological polar surface area (TPSA) is 78.5 Å². The molecule has 1 atom stereocenters. The first-order valence-electron chi connectivity index (χ1n) is 8.24. The maximum absolute atomic E-state index is 12.9. The number of carbonyl (C=O) groups excluding carboxylic acids is 3. The maximum atomic E-state index is 12.9. The smallest absolute Gasteiger partial charge is 0.325 e. The molecule has 0 aliphatic carbocycles. The zero-order valence-electron chi connectivity index (χ0n) is 14.5. The second-order valence-electron chi connectivity index (χ2n) is 6.73. The number of hydrogen-bond acceptors (Lipinski definition) is 3. The maximum Gasteiger partial charge on any atom is 0.325 e. The molecule has 1 aliphatic heterocycles. The molecule has 2 aromatic carbocycles. The highest BCUT2D eigenvalue weighted by atomic mass is 16.2. The summed E-state index contributed by atoms with van der Waals surface area (Å²) in [6.45, 7) is 5.02. The van der Waals surface area contributed by atoms with E-state index in [0.717, 1.165) is 15.7 Å². The molecule has 0 spiro atoms. The Kier molecular flexibility index (Phi) is 4.20. The minimum Gasteiger partial charge on any atom is -0.352 e. The summed E-state index contributed by atoms with van der Waals surface area (Å²) in [5.74, 6) is -0.784. The first kappa shape index (κ1) is 17.0. The highest BCUT2D eigenvalue weighted by Crippen LogP contribution is 2.30. The molecule has 3 rings (SSSR count). The van der Waals surface area contributed by atoms with Gasteiger partial charge in [-0.3, -0.25) is 14.5 Å². The van der Waals surface area contributed by atoms with Crippen molar-refractivity contribution in [2.24, 2.45) is 0 Å². The van der Waals surface area contributed by atoms with Crippen LogP contribution in [0.2, 0.25) is 0 Å². The molecule has 0 bridgehead atoms. The molecule has 0 saturated carbocycles. The van der Waals surface area contributed by atoms with Crippen molar-refractivity contribution in [1.82, 2.24) is 15.5 Å². The molecule has 0 aromatic heterocycles. The highest BCUT2D eigenvalue weighted by Gasteiger charge is 2.49. The second-order valence-corrected chi connectivity index (χ2v) is 6.73. The first-order chi connectivity index (χ1) is 11.8. The Morgan fingerprint density at radius 3 is 2.52 bits per heavy atom. The van der Waals surface area contributed by atoms with Crippen molar-refractivity contribution in [1.29, 1.82) is 0 Å². The molecular weight excluding hydrogens is 318 g/mol. The Morgan fingerprint density at radius 1 is 1.16 bits per heavy atom. The van der Waals surface area contributed by atoms with Crippen LogP contribution in [0.15, 0.2) is 42.5 Å². The zero-order valence-corrected chi connectivity index (χ0v) is 14.5. The Morgan fingerprint density at radius 2 is 1.84 bits per heavy atom. The molecular formula is C19H21N3O3. The summed E-state index contributed by atoms with van der Waals surface area (Å²) >= 11 is 0. The Bertz CT molecular complexity index is 862. The van der Waals surface area contributed by atoms with Crippen LogP contribution in [0.5, 0.6) is 0 Å². The molecule has 0 radical (unpaired) electrons. The molecule has 130 valence electrons. The second kappa shape index (κ2) is 6.20. The Hall–Kier alpha value is -2.89. The van der Waals surface area contributed by atoms with Gasteiger partial charge in [0, 0.05) is 6.04 Å². The number of nitrogens with one attached hydrogen (secondary N) is 2. The molecule has 6 nitrogen and oxygen atoms in total. The third-order valence-corrected chi connectivity index (χ3v) is 4.35. The van der Waals surface area contributed by atoms with Crippen LogP contribution in [-0.4, -0.2) is 35.3 Å². The molecule has 1 unspecified atom stereocenters. The van der Waals surface area contributed by atoms with Gasteiger partial charge in [0.05, 0.1) is 0 Å². The van der Waals surface area contributed by atoms with E-state index in [0.29, 0.717) is 5.56 Å². The van der Waals surface area contributed by atoms with Gasteiger partial charge in [0.2, 0.25) is 5.91 Å². The van der Waals surface area contributed by atoms with Crippen LogP contribution in [0, 0.1) is 0 Å². The van der Waals surface area contributed by atoms with E-state index in [1.807, 2.05) is 56.3 Å². The molecule has 1 heterocycles. The van der Waals surface area contributed by atoms with Crippen molar-refractivity contribution >= 4 is 28.6 Å². The van der Waals surface area contributed by atoms with Crippen LogP contribution < -0.4 is 10.6 Å². The number of benzene rings is 2. The van der Waals surface area contributed by atoms with E-state index in [4.69, 9.17) is 0 Å². The fourth-order valence-corrected chi connectivity index (χ4v) is 3.05. The van der Waals surface area contributed by atoms with Gasteiger partial charge in [-0.25, -0.2) is 4.79 Å². The highest BCUT2D eigenvalue weighted by molar-refractivity contribution is 6.09. The van der Waals surface area contributed by atoms with Crippen LogP contribution in [0.4, 0.5) is 4.79 Å². The van der Waals surface area contributed by atoms with E-state index in [1.54, 1.807) is 6.92 Å². The van der Waals surface area contributed by atoms with Gasteiger partial charge in [-0.1, -0.05) is 36.4 Å². The fourth-order valence-electron chi connectivity index (χ4n) is 3.05. The predicted molar refractivity (Wildman–Crippen MR) is 94.8 cm³/mol. The molecule has 4 amide bonds. The molecule has 2 aromatic rings. The number of rotatable bonds is 4. The predicted octanol–water partition coefficient (Wildman–Crippen LogP) is 2.13. The van der Waals surface area contributed by atoms with Gasteiger partial charge in [-0.2, -0.15) is 0 Å². The first-order valence-corrected chi connectivity index (χ1v) is 8.24. The summed E-state index contributed by atoms with van der Waals surface area (Å²) in [5.41, 5.74) is -0.490. The lowest BCUT2D eigenvalue weighted by atomic mass is 9.90. The van der Waals surface area contributed by atoms with Gasteiger partial charge in [-0.05, 0) is 43.2 Å². The van der Waals surface area contributed by atoms with E-state index >= 15 is 0 Å². The van der Waals surface area contributed by atoms with Gasteiger partial charge in [0.1, 0.15) is 12.1 Å². The average Bonchev–Trinajstić information content (AvgIpc) is 2.78. The summed E-state index contributed by atoms with van der Waals surface area (Å²) in [7, 11) is 0. The van der Waals surface area contributed by atoms with Gasteiger partial charge in [-0.15, -0.1) is 0 Å². The minimum atomic E-state index is -1.18. The quantitative estimate of drug-likeness (QED) is 0.838. The molecule has 1 saturated heterocycles. The van der Waals surface area contributed by atoms with Crippen molar-refractivity contribution in [2.45, 2.75) is 32.4 Å². The number of nitrogens with zero attached hydrogens (tertiary/aromatic N) is 1. The van der Waals surface area contributed by atoms with Crippen molar-refractivity contribution in [3.63, 3.8) is 0 Å². The molecule has 1 aliphatic rings. The summed E-state index contributed by atoms with van der Waals surface area (Å²) in [4.78, 5) is 38.0. The fraction of sp³-hybridized carbons (Fsp3) is 0.316. The lowest BCUT2D eigenvalue weighted by Crippen LogP contribution is -2.44. The zero-order chi connectivity index (χ0) is 18.2. The number of amides is 4. The summed E-state index contributed by atoms with van der Waals surface area (Å²) < 4.78 is 0. The van der Waals surface area contributed by atoms with Crippen molar-refractivity contribution < 1.29 is 14.4 Å². The van der Waals surface area contributed by atoms with Crippen molar-refractivity contribution in [3.05, 3.63) is 48.0 Å². The lowest BCUT2D eigenvalue weighted by Gasteiger charge is -2.22. The van der Waals surface area contributed by atoms with E-state index in [-0.39, 0.29) is 18.5 Å². The standard InChI is InChI=1S/C19H21N3O3/c1-12(2)20-16(23)11-22-17(24)19(3,21-18(22)25)15-9-8-13-6-4-5-7-14(13)10-15/h4-10,12H,11H2,1-3H3,(H,20,23)(H,21,25). The largest absolute Gasteiger partial charge is 0.352 e. The van der Waals surface area contributed by atoms with Crippen molar-refractivity contribution in [3.8, 4) is 0 Å². The summed E-state index contributed by atoms with van der Waals surface area (Å²) in [5, 5.41) is 7.46. The molecule has 1 fully saturated rings. The van der Waals surface area contributed by atoms with Crippen LogP contribution in [0.3, 0.4) is 0 Å². The monoisotopic (exact) mass is 339 g/mol. The molecule has 6 heteroatoms. The van der Waals surface area contributed by atoms with Gasteiger partial charge < -0.3 is 10.6 Å². The van der Waals surface area contributed by atoms with E-state index in [2.05, 4.69) is 10.6 Å². The number of imide groups is 1. The lowest BCUT2D eigenvalue weighted by molar-refractivity contribution is -0.135. The van der Waals surface area contributed by atoms with E-state index < -0.39 is 17.5 Å². The van der Waals surface area contributed by atoms with Gasteiger partial charge >= 0.3 is 6.03 Å². The number of hydrogen-bond donors (Lipinski definition) is 2. The summed E-state index contributed by atoms with van der Waals surface area (Å²) in [6, 6.07) is 12.8. The van der Waals surface area contributed by atoms with Gasteiger partial charge in [0.25, 0.3) is 5.91 Å². The van der Waals surface area contributed by atoms with Crippen LogP contribution in [0.1, 0.15) is 26.3 Å². The van der Waals surface area contributed by atoms with Crippen molar-refractivity contribution in [2.75, 3.05) is 6.54 Å². The van der Waals surface area contributed by atoms with E-state index in [9.17, 15) is 14.4 Å². The number of fused-ring (bicyclic) bond motifs is 1. The molecule has 25 heavy (non-hydrogen) atoms. The Balaban J connectivity index is 1.89. The minimum absolute atomic E-state index is 0.0554. The normalized spacial score (nSPS) is 20.2. The number of urea groups is 1. The van der Waals surface area contributed by atoms with Crippen LogP contribution in [0.25, 0.3) is 10.8 Å². The van der Waals surface area contributed by atoms with Crippen LogP contribution in [-0.2, 0) is 15.1 Å². The van der Waals surface area contributed by atoms with E-state index in [1.165, 1.54) is 0 Å². The number of carbonyl (C=O) groups is 3. The Labute approximate surface area is 146 Å². The third kappa shape index (κ3) is 3.07. The van der Waals surface area contributed by atoms with Gasteiger partial charge in [0.15, 0.2) is 0 Å². The SMILES string of the molecule is CC(C)NC(=O)CN1C(=O)NC(C)(c2ccc3ccccc3c2)C1=O. The van der Waals surface area contributed by atoms with Crippen LogP contribution >= 0.6 is 0 Å². The third-order valence-electron chi connectivity index (χ3n) is 4.35.